The molecule has 3 aromatic rings. The molecule has 210 valence electrons. The molecule has 11 heteroatoms. The molecule has 0 saturated carbocycles. The molecule has 1 aliphatic rings. The van der Waals surface area contributed by atoms with Crippen molar-refractivity contribution in [3.05, 3.63) is 107 Å². The van der Waals surface area contributed by atoms with Crippen molar-refractivity contribution in [3.8, 4) is 0 Å². The Balaban J connectivity index is 0.000000279. The summed E-state index contributed by atoms with van der Waals surface area (Å²) in [7, 11) is 0. The highest BCUT2D eigenvalue weighted by Gasteiger charge is 2.33. The van der Waals surface area contributed by atoms with Crippen LogP contribution >= 0.6 is 0 Å². The lowest BCUT2D eigenvalue weighted by molar-refractivity contribution is -0.191. The van der Waals surface area contributed by atoms with Crippen molar-refractivity contribution < 1.29 is 47.3 Å². The normalized spacial score (nSPS) is 16.1. The van der Waals surface area contributed by atoms with Crippen LogP contribution in [0.15, 0.2) is 78.9 Å². The number of benzene rings is 3. The fourth-order valence-corrected chi connectivity index (χ4v) is 3.75. The van der Waals surface area contributed by atoms with Crippen molar-refractivity contribution in [3.63, 3.8) is 0 Å². The van der Waals surface area contributed by atoms with Gasteiger partial charge in [0, 0.05) is 12.0 Å². The van der Waals surface area contributed by atoms with E-state index in [1.54, 1.807) is 48.5 Å². The maximum absolute atomic E-state index is 13.5. The summed E-state index contributed by atoms with van der Waals surface area (Å²) in [6.45, 7) is 2.98. The Kier molecular flexibility index (Phi) is 12.3. The summed E-state index contributed by atoms with van der Waals surface area (Å²) in [4.78, 5) is 51.0. The second kappa shape index (κ2) is 15.6. The maximum Gasteiger partial charge on any atom is 0.373 e. The van der Waals surface area contributed by atoms with Gasteiger partial charge in [0.05, 0.1) is 11.1 Å². The van der Waals surface area contributed by atoms with Gasteiger partial charge in [-0.25, -0.2) is 23.2 Å². The standard InChI is InChI=1S/C17H14O6.C11H13F2N.CO2/c18-15(19)14(23-17(21)13-9-5-2-6-10-13)11-22-16(20)12-7-3-1-4-8-12;1-11(5-6-14-7-11)8-3-2-4-9(12)10(8)13;2-1-3/h1-10,14H,11H2,(H,18,19);2-4,14H,5-7H2,1H3;/t14-;11-;/m10./s1. The number of nitrogens with one attached hydrogen (secondary N) is 1. The average molecular weight is 556 g/mol. The summed E-state index contributed by atoms with van der Waals surface area (Å²) in [5, 5.41) is 12.3. The van der Waals surface area contributed by atoms with Gasteiger partial charge in [-0.3, -0.25) is 0 Å². The van der Waals surface area contributed by atoms with Gasteiger partial charge in [-0.2, -0.15) is 9.59 Å². The van der Waals surface area contributed by atoms with Crippen molar-refractivity contribution in [2.75, 3.05) is 19.7 Å². The van der Waals surface area contributed by atoms with Crippen LogP contribution in [0.5, 0.6) is 0 Å². The molecule has 40 heavy (non-hydrogen) atoms. The van der Waals surface area contributed by atoms with Crippen molar-refractivity contribution in [1.82, 2.24) is 5.32 Å². The second-order valence-corrected chi connectivity index (χ2v) is 8.73. The number of halogens is 2. The smallest absolute Gasteiger partial charge is 0.373 e. The first-order valence-electron chi connectivity index (χ1n) is 12.0. The van der Waals surface area contributed by atoms with Crippen LogP contribution in [0.25, 0.3) is 0 Å². The maximum atomic E-state index is 13.5. The molecule has 0 unspecified atom stereocenters. The van der Waals surface area contributed by atoms with Gasteiger partial charge in [-0.1, -0.05) is 55.5 Å². The van der Waals surface area contributed by atoms with Crippen LogP contribution < -0.4 is 5.32 Å². The molecule has 3 aromatic carbocycles. The lowest BCUT2D eigenvalue weighted by atomic mass is 9.81. The van der Waals surface area contributed by atoms with E-state index in [9.17, 15) is 23.2 Å². The van der Waals surface area contributed by atoms with E-state index in [1.165, 1.54) is 24.3 Å². The molecule has 0 spiro atoms. The number of esters is 2. The molecule has 2 atom stereocenters. The predicted molar refractivity (Wildman–Crippen MR) is 136 cm³/mol. The highest BCUT2D eigenvalue weighted by molar-refractivity contribution is 5.92. The molecule has 0 aromatic heterocycles. The van der Waals surface area contributed by atoms with E-state index < -0.39 is 42.3 Å². The number of rotatable bonds is 7. The van der Waals surface area contributed by atoms with Gasteiger partial charge < -0.3 is 19.9 Å². The molecular weight excluding hydrogens is 528 g/mol. The highest BCUT2D eigenvalue weighted by Crippen LogP contribution is 2.32. The Labute approximate surface area is 228 Å². The zero-order valence-electron chi connectivity index (χ0n) is 21.5. The monoisotopic (exact) mass is 555 g/mol. The predicted octanol–water partition coefficient (Wildman–Crippen LogP) is 3.79. The molecule has 1 heterocycles. The lowest BCUT2D eigenvalue weighted by Crippen LogP contribution is -2.32. The molecular formula is C29H27F2NO8. The molecule has 9 nitrogen and oxygen atoms in total. The Morgan fingerprint density at radius 3 is 1.98 bits per heavy atom. The highest BCUT2D eigenvalue weighted by atomic mass is 19.2. The molecule has 1 fully saturated rings. The average Bonchev–Trinajstić information content (AvgIpc) is 3.41. The molecule has 1 aliphatic heterocycles. The fraction of sp³-hybridized carbons (Fsp3) is 0.241. The third-order valence-corrected chi connectivity index (χ3v) is 5.88. The fourth-order valence-electron chi connectivity index (χ4n) is 3.75. The second-order valence-electron chi connectivity index (χ2n) is 8.73. The summed E-state index contributed by atoms with van der Waals surface area (Å²) in [5.74, 6) is -4.33. The van der Waals surface area contributed by atoms with Crippen molar-refractivity contribution >= 4 is 24.1 Å². The van der Waals surface area contributed by atoms with Crippen LogP contribution in [0.2, 0.25) is 0 Å². The Bertz CT molecular complexity index is 1310. The van der Waals surface area contributed by atoms with E-state index in [1.807, 2.05) is 6.92 Å². The van der Waals surface area contributed by atoms with Gasteiger partial charge in [0.25, 0.3) is 0 Å². The summed E-state index contributed by atoms with van der Waals surface area (Å²) in [5.41, 5.74) is 0.730. The summed E-state index contributed by atoms with van der Waals surface area (Å²) in [6.07, 6.45) is -0.469. The van der Waals surface area contributed by atoms with Gasteiger partial charge in [0.15, 0.2) is 11.6 Å². The van der Waals surface area contributed by atoms with Crippen LogP contribution in [0, 0.1) is 11.6 Å². The Morgan fingerprint density at radius 1 is 0.925 bits per heavy atom. The zero-order chi connectivity index (χ0) is 29.5. The number of hydrogen-bond acceptors (Lipinski definition) is 8. The largest absolute Gasteiger partial charge is 0.478 e. The summed E-state index contributed by atoms with van der Waals surface area (Å²) < 4.78 is 36.3. The molecule has 4 rings (SSSR count). The minimum Gasteiger partial charge on any atom is -0.478 e. The summed E-state index contributed by atoms with van der Waals surface area (Å²) in [6, 6.07) is 20.5. The molecule has 0 aliphatic carbocycles. The quantitative estimate of drug-likeness (QED) is 0.418. The minimum absolute atomic E-state index is 0.216. The van der Waals surface area contributed by atoms with Gasteiger partial charge in [0.2, 0.25) is 6.10 Å². The first-order chi connectivity index (χ1) is 19.1. The third-order valence-electron chi connectivity index (χ3n) is 5.88. The van der Waals surface area contributed by atoms with E-state index >= 15 is 0 Å². The Hall–Kier alpha value is -4.73. The number of ether oxygens (including phenoxy) is 2. The zero-order valence-corrected chi connectivity index (χ0v) is 21.5. The lowest BCUT2D eigenvalue weighted by Gasteiger charge is -2.23. The Morgan fingerprint density at radius 2 is 1.48 bits per heavy atom. The number of carboxylic acid groups (broad SMARTS) is 1. The van der Waals surface area contributed by atoms with E-state index in [-0.39, 0.29) is 22.7 Å². The van der Waals surface area contributed by atoms with Gasteiger partial charge >= 0.3 is 24.1 Å². The van der Waals surface area contributed by atoms with Gasteiger partial charge in [0.1, 0.15) is 6.61 Å². The topological polar surface area (TPSA) is 136 Å². The van der Waals surface area contributed by atoms with E-state index in [4.69, 9.17) is 24.2 Å². The summed E-state index contributed by atoms with van der Waals surface area (Å²) >= 11 is 0. The molecule has 0 bridgehead atoms. The first kappa shape index (κ1) is 31.5. The van der Waals surface area contributed by atoms with E-state index in [2.05, 4.69) is 5.32 Å². The third kappa shape index (κ3) is 9.23. The number of aliphatic carboxylic acids is 1. The van der Waals surface area contributed by atoms with Crippen LogP contribution in [0.1, 0.15) is 39.6 Å². The van der Waals surface area contributed by atoms with Crippen molar-refractivity contribution in [2.45, 2.75) is 24.9 Å². The number of carboxylic acids is 1. The molecule has 2 N–H and O–H groups in total. The number of carbonyl (C=O) groups is 3. The van der Waals surface area contributed by atoms with Crippen molar-refractivity contribution in [2.24, 2.45) is 0 Å². The molecule has 1 saturated heterocycles. The first-order valence-corrected chi connectivity index (χ1v) is 12.0. The van der Waals surface area contributed by atoms with Crippen LogP contribution in [0.4, 0.5) is 8.78 Å². The van der Waals surface area contributed by atoms with Gasteiger partial charge in [-0.05, 0) is 48.9 Å². The molecule has 0 amide bonds. The molecule has 0 radical (unpaired) electrons. The number of hydrogen-bond donors (Lipinski definition) is 2. The van der Waals surface area contributed by atoms with Gasteiger partial charge in [-0.15, -0.1) is 0 Å². The van der Waals surface area contributed by atoms with Crippen LogP contribution in [-0.4, -0.2) is 55.0 Å². The SMILES string of the molecule is C[C@]1(c2cccc(F)c2F)CCNC1.O=C(OC[C@@H](OC(=O)c1ccccc1)C(=O)O)c1ccccc1.O=C=O. The van der Waals surface area contributed by atoms with E-state index in [0.29, 0.717) is 12.1 Å². The minimum atomic E-state index is -1.57. The van der Waals surface area contributed by atoms with Crippen LogP contribution in [-0.2, 0) is 29.3 Å². The number of carbonyl (C=O) groups excluding carboxylic acids is 4. The van der Waals surface area contributed by atoms with E-state index in [0.717, 1.165) is 19.0 Å². The van der Waals surface area contributed by atoms with Crippen molar-refractivity contribution in [1.29, 1.82) is 0 Å². The van der Waals surface area contributed by atoms with Crippen LogP contribution in [0.3, 0.4) is 0 Å².